The molecule has 11 nitrogen and oxygen atoms in total. The third-order valence-corrected chi connectivity index (χ3v) is 8.15. The number of carboxylic acids is 1. The van der Waals surface area contributed by atoms with Gasteiger partial charge in [0.15, 0.2) is 10.8 Å². The van der Waals surface area contributed by atoms with Gasteiger partial charge in [-0.3, -0.25) is 19.5 Å². The summed E-state index contributed by atoms with van der Waals surface area (Å²) in [4.78, 5) is 47.0. The first-order valence-electron chi connectivity index (χ1n) is 9.57. The number of aromatic nitrogens is 2. The van der Waals surface area contributed by atoms with Crippen molar-refractivity contribution in [3.63, 3.8) is 0 Å². The number of fused-ring (bicyclic) bond motifs is 1. The third-order valence-electron chi connectivity index (χ3n) is 4.92. The second-order valence-corrected chi connectivity index (χ2v) is 10.1. The molecule has 2 aliphatic rings. The molecule has 2 aliphatic heterocycles. The molecule has 172 valence electrons. The molecule has 1 fully saturated rings. The summed E-state index contributed by atoms with van der Waals surface area (Å²) in [5.41, 5.74) is 6.28. The highest BCUT2D eigenvalue weighted by Gasteiger charge is 2.54. The zero-order valence-corrected chi connectivity index (χ0v) is 19.3. The molecule has 1 saturated heterocycles. The summed E-state index contributed by atoms with van der Waals surface area (Å²) in [5.74, 6) is -1.50. The molecule has 0 aliphatic carbocycles. The average molecular weight is 507 g/mol. The van der Waals surface area contributed by atoms with Crippen LogP contribution >= 0.6 is 34.9 Å². The van der Waals surface area contributed by atoms with Crippen LogP contribution in [0.5, 0.6) is 0 Å². The number of nitrogens with zero attached hydrogens (tertiary/aromatic N) is 4. The number of carbonyl (C=O) groups excluding carboxylic acids is 2. The topological polar surface area (TPSA) is 171 Å². The van der Waals surface area contributed by atoms with E-state index in [1.54, 1.807) is 12.4 Å². The minimum atomic E-state index is -1.19. The molecule has 2 aromatic rings. The Balaban J connectivity index is 1.44. The highest BCUT2D eigenvalue weighted by atomic mass is 32.2. The number of thioether (sulfide) groups is 2. The molecule has 2 aromatic heterocycles. The Labute approximate surface area is 200 Å². The van der Waals surface area contributed by atoms with E-state index < -0.39 is 29.2 Å². The number of thiazole rings is 1. The molecular weight excluding hydrogens is 488 g/mol. The molecule has 14 heteroatoms. The van der Waals surface area contributed by atoms with Crippen LogP contribution in [-0.2, 0) is 20.8 Å². The Morgan fingerprint density at radius 3 is 2.76 bits per heavy atom. The van der Waals surface area contributed by atoms with E-state index in [1.807, 2.05) is 12.1 Å². The molecule has 0 aromatic carbocycles. The van der Waals surface area contributed by atoms with Crippen molar-refractivity contribution in [3.8, 4) is 0 Å². The molecule has 33 heavy (non-hydrogen) atoms. The summed E-state index contributed by atoms with van der Waals surface area (Å²) < 4.78 is 0. The monoisotopic (exact) mass is 506 g/mol. The van der Waals surface area contributed by atoms with Gasteiger partial charge in [0, 0.05) is 34.2 Å². The maximum absolute atomic E-state index is 12.8. The predicted octanol–water partition coefficient (Wildman–Crippen LogP) is 0.971. The van der Waals surface area contributed by atoms with Gasteiger partial charge in [0.2, 0.25) is 0 Å². The molecule has 0 saturated carbocycles. The van der Waals surface area contributed by atoms with E-state index in [2.05, 4.69) is 20.4 Å². The number of nitrogen functional groups attached to an aromatic ring is 1. The molecule has 5 N–H and O–H groups in total. The van der Waals surface area contributed by atoms with Crippen LogP contribution in [0.25, 0.3) is 0 Å². The minimum absolute atomic E-state index is 0.0581. The van der Waals surface area contributed by atoms with Gasteiger partial charge < -0.3 is 21.4 Å². The lowest BCUT2D eigenvalue weighted by molar-refractivity contribution is -0.150. The zero-order valence-electron chi connectivity index (χ0n) is 16.9. The first-order chi connectivity index (χ1) is 15.9. The number of carbonyl (C=O) groups is 3. The van der Waals surface area contributed by atoms with Gasteiger partial charge in [0.25, 0.3) is 11.8 Å². The number of hydrogen-bond acceptors (Lipinski definition) is 11. The number of pyridine rings is 1. The van der Waals surface area contributed by atoms with Crippen molar-refractivity contribution in [1.29, 1.82) is 0 Å². The number of nitrogens with two attached hydrogens (primary N) is 1. The summed E-state index contributed by atoms with van der Waals surface area (Å²) >= 11 is 3.83. The van der Waals surface area contributed by atoms with Gasteiger partial charge >= 0.3 is 5.97 Å². The van der Waals surface area contributed by atoms with Gasteiger partial charge in [-0.25, -0.2) is 9.78 Å². The molecule has 4 heterocycles. The summed E-state index contributed by atoms with van der Waals surface area (Å²) in [5, 5.41) is 25.6. The highest BCUT2D eigenvalue weighted by molar-refractivity contribution is 8.06. The van der Waals surface area contributed by atoms with Crippen molar-refractivity contribution in [3.05, 3.63) is 51.8 Å². The van der Waals surface area contributed by atoms with E-state index in [1.165, 1.54) is 33.8 Å². The van der Waals surface area contributed by atoms with Crippen molar-refractivity contribution in [1.82, 2.24) is 20.2 Å². The normalized spacial score (nSPS) is 20.3. The Morgan fingerprint density at radius 1 is 1.36 bits per heavy atom. The van der Waals surface area contributed by atoms with E-state index in [4.69, 9.17) is 5.73 Å². The van der Waals surface area contributed by atoms with Gasteiger partial charge in [-0.05, 0) is 24.1 Å². The molecular formula is C19H18N6O5S3. The highest BCUT2D eigenvalue weighted by Crippen LogP contribution is 2.43. The number of rotatable bonds is 8. The maximum Gasteiger partial charge on any atom is 0.353 e. The van der Waals surface area contributed by atoms with Crippen molar-refractivity contribution in [2.24, 2.45) is 5.16 Å². The van der Waals surface area contributed by atoms with Gasteiger partial charge in [-0.15, -0.1) is 34.9 Å². The number of anilines is 1. The van der Waals surface area contributed by atoms with Gasteiger partial charge in [-0.1, -0.05) is 5.16 Å². The van der Waals surface area contributed by atoms with Crippen LogP contribution in [0.2, 0.25) is 0 Å². The Morgan fingerprint density at radius 2 is 2.12 bits per heavy atom. The fourth-order valence-electron chi connectivity index (χ4n) is 3.36. The molecule has 2 amide bonds. The van der Waals surface area contributed by atoms with E-state index in [-0.39, 0.29) is 22.2 Å². The van der Waals surface area contributed by atoms with Gasteiger partial charge in [0.1, 0.15) is 22.8 Å². The molecule has 4 rings (SSSR count). The minimum Gasteiger partial charge on any atom is -0.477 e. The lowest BCUT2D eigenvalue weighted by atomic mass is 10.0. The van der Waals surface area contributed by atoms with Crippen LogP contribution in [-0.4, -0.2) is 71.6 Å². The SMILES string of the molecule is Nc1nc(/C(=N/O)C(=O)N[C@@H]2C(=O)N3C(C(=O)O)=C(SCCc4ccncc4)CS[C@H]23)cs1. The summed E-state index contributed by atoms with van der Waals surface area (Å²) in [6.45, 7) is 0. The fourth-order valence-corrected chi connectivity index (χ4v) is 6.55. The number of nitrogens with one attached hydrogen (secondary N) is 1. The number of amides is 2. The summed E-state index contributed by atoms with van der Waals surface area (Å²) in [7, 11) is 0. The maximum atomic E-state index is 12.8. The first-order valence-corrected chi connectivity index (χ1v) is 12.5. The third kappa shape index (κ3) is 4.67. The first kappa shape index (κ1) is 23.1. The Hall–Kier alpha value is -3.10. The second-order valence-electron chi connectivity index (χ2n) is 6.91. The van der Waals surface area contributed by atoms with Crippen molar-refractivity contribution in [2.75, 3.05) is 17.2 Å². The van der Waals surface area contributed by atoms with E-state index >= 15 is 0 Å². The zero-order chi connectivity index (χ0) is 23.5. The molecule has 0 bridgehead atoms. The number of hydrogen-bond donors (Lipinski definition) is 4. The van der Waals surface area contributed by atoms with E-state index in [0.717, 1.165) is 23.3 Å². The molecule has 2 atom stereocenters. The van der Waals surface area contributed by atoms with Crippen molar-refractivity contribution >= 4 is 63.5 Å². The molecule has 0 spiro atoms. The number of carboxylic acid groups (broad SMARTS) is 1. The molecule has 0 unspecified atom stereocenters. The average Bonchev–Trinajstić information content (AvgIpc) is 3.23. The standard InChI is InChI=1S/C19H18N6O5S3/c20-19-22-10(7-33-19)12(24-30)15(26)23-13-16(27)25-14(18(28)29)11(8-32-17(13)25)31-6-3-9-1-4-21-5-2-9/h1-2,4-5,7,13,17,30H,3,6,8H2,(H2,20,22)(H,23,26)(H,28,29)/b24-12-/t13-,17-/m1/s1. The van der Waals surface area contributed by atoms with Crippen LogP contribution in [0.3, 0.4) is 0 Å². The summed E-state index contributed by atoms with van der Waals surface area (Å²) in [6, 6.07) is 2.84. The number of aliphatic carboxylic acids is 1. The Bertz CT molecular complexity index is 1150. The lowest BCUT2D eigenvalue weighted by Crippen LogP contribution is -2.71. The van der Waals surface area contributed by atoms with E-state index in [0.29, 0.717) is 16.4 Å². The van der Waals surface area contributed by atoms with Crippen LogP contribution in [0.4, 0.5) is 5.13 Å². The van der Waals surface area contributed by atoms with Crippen LogP contribution < -0.4 is 11.1 Å². The predicted molar refractivity (Wildman–Crippen MR) is 125 cm³/mol. The number of β-lactam (4-membered cyclic amide) rings is 1. The summed E-state index contributed by atoms with van der Waals surface area (Å²) in [6.07, 6.45) is 4.13. The largest absolute Gasteiger partial charge is 0.477 e. The number of aryl methyl sites for hydroxylation is 1. The fraction of sp³-hybridized carbons (Fsp3) is 0.263. The van der Waals surface area contributed by atoms with Gasteiger partial charge in [-0.2, -0.15) is 0 Å². The quantitative estimate of drug-likeness (QED) is 0.175. The Kier molecular flexibility index (Phi) is 6.85. The van der Waals surface area contributed by atoms with Crippen molar-refractivity contribution in [2.45, 2.75) is 17.8 Å². The second kappa shape index (κ2) is 9.80. The van der Waals surface area contributed by atoms with Crippen molar-refractivity contribution < 1.29 is 24.7 Å². The smallest absolute Gasteiger partial charge is 0.353 e. The van der Waals surface area contributed by atoms with Crippen LogP contribution in [0.1, 0.15) is 11.3 Å². The van der Waals surface area contributed by atoms with E-state index in [9.17, 15) is 24.7 Å². The number of oxime groups is 1. The van der Waals surface area contributed by atoms with Crippen LogP contribution in [0, 0.1) is 0 Å². The van der Waals surface area contributed by atoms with Gasteiger partial charge in [0.05, 0.1) is 0 Å². The lowest BCUT2D eigenvalue weighted by Gasteiger charge is -2.49. The van der Waals surface area contributed by atoms with Crippen LogP contribution in [0.15, 0.2) is 45.7 Å². The molecule has 0 radical (unpaired) electrons.